The van der Waals surface area contributed by atoms with Gasteiger partial charge >= 0.3 is 0 Å². The van der Waals surface area contributed by atoms with Gasteiger partial charge in [0.05, 0.1) is 0 Å². The van der Waals surface area contributed by atoms with E-state index >= 15 is 0 Å². The molecule has 2 aromatic rings. The zero-order valence-electron chi connectivity index (χ0n) is 16.3. The first kappa shape index (κ1) is 19.2. The molecule has 0 heterocycles. The largest absolute Gasteiger partial charge is 0.349 e. The molecule has 0 atom stereocenters. The van der Waals surface area contributed by atoms with E-state index in [0.717, 1.165) is 24.1 Å². The first-order valence-electron chi connectivity index (χ1n) is 9.66. The van der Waals surface area contributed by atoms with Crippen molar-refractivity contribution >= 4 is 17.5 Å². The minimum atomic E-state index is -0.206. The Morgan fingerprint density at radius 3 is 2.19 bits per heavy atom. The van der Waals surface area contributed by atoms with E-state index in [1.54, 1.807) is 24.3 Å². The fourth-order valence-corrected chi connectivity index (χ4v) is 3.58. The van der Waals surface area contributed by atoms with Gasteiger partial charge in [-0.15, -0.1) is 0 Å². The predicted octanol–water partition coefficient (Wildman–Crippen LogP) is 4.91. The van der Waals surface area contributed by atoms with Crippen LogP contribution in [0.1, 0.15) is 72.7 Å². The Balaban J connectivity index is 1.75. The molecule has 1 aliphatic carbocycles. The maximum atomic E-state index is 12.8. The van der Waals surface area contributed by atoms with Crippen LogP contribution >= 0.6 is 0 Å². The summed E-state index contributed by atoms with van der Waals surface area (Å²) in [6.45, 7) is 6.35. The van der Waals surface area contributed by atoms with Crippen molar-refractivity contribution in [3.05, 3.63) is 65.2 Å². The standard InChI is InChI=1S/C23H28N2O2/c1-23(2,3)19-13-6-7-14-20(19)25-22(27)17-10-8-9-16(15-17)21(26)24-18-11-4-5-12-18/h6-10,13-15,18H,4-5,11-12H2,1-3H3,(H,24,26)(H,25,27). The molecular weight excluding hydrogens is 336 g/mol. The molecule has 0 unspecified atom stereocenters. The van der Waals surface area contributed by atoms with Crippen molar-refractivity contribution in [2.75, 3.05) is 5.32 Å². The quantitative estimate of drug-likeness (QED) is 0.810. The molecule has 4 nitrogen and oxygen atoms in total. The van der Waals surface area contributed by atoms with Gasteiger partial charge in [-0.05, 0) is 48.1 Å². The van der Waals surface area contributed by atoms with Crippen molar-refractivity contribution in [1.29, 1.82) is 0 Å². The number of carbonyl (C=O) groups excluding carboxylic acids is 2. The predicted molar refractivity (Wildman–Crippen MR) is 109 cm³/mol. The smallest absolute Gasteiger partial charge is 0.255 e. The van der Waals surface area contributed by atoms with Gasteiger partial charge in [-0.1, -0.05) is 57.9 Å². The Morgan fingerprint density at radius 2 is 1.52 bits per heavy atom. The molecule has 2 N–H and O–H groups in total. The van der Waals surface area contributed by atoms with Gasteiger partial charge in [-0.2, -0.15) is 0 Å². The number of hydrogen-bond donors (Lipinski definition) is 2. The molecule has 0 radical (unpaired) electrons. The number of hydrogen-bond acceptors (Lipinski definition) is 2. The molecule has 1 fully saturated rings. The molecular formula is C23H28N2O2. The van der Waals surface area contributed by atoms with E-state index in [4.69, 9.17) is 0 Å². The minimum absolute atomic E-state index is 0.0765. The molecule has 1 saturated carbocycles. The SMILES string of the molecule is CC(C)(C)c1ccccc1NC(=O)c1cccc(C(=O)NC2CCCC2)c1. The van der Waals surface area contributed by atoms with Crippen molar-refractivity contribution in [1.82, 2.24) is 5.32 Å². The van der Waals surface area contributed by atoms with Crippen molar-refractivity contribution in [3.63, 3.8) is 0 Å². The molecule has 2 amide bonds. The second-order valence-electron chi connectivity index (χ2n) is 8.29. The molecule has 0 aliphatic heterocycles. The summed E-state index contributed by atoms with van der Waals surface area (Å²) in [7, 11) is 0. The summed E-state index contributed by atoms with van der Waals surface area (Å²) in [6, 6.07) is 15.0. The van der Waals surface area contributed by atoms with Gasteiger partial charge in [0, 0.05) is 22.9 Å². The first-order valence-corrected chi connectivity index (χ1v) is 9.66. The third-order valence-electron chi connectivity index (χ3n) is 5.06. The summed E-state index contributed by atoms with van der Waals surface area (Å²) < 4.78 is 0. The van der Waals surface area contributed by atoms with Crippen LogP contribution in [0.25, 0.3) is 0 Å². The number of rotatable bonds is 4. The summed E-state index contributed by atoms with van der Waals surface area (Å²) in [4.78, 5) is 25.2. The lowest BCUT2D eigenvalue weighted by molar-refractivity contribution is 0.0938. The normalized spacial score (nSPS) is 14.8. The topological polar surface area (TPSA) is 58.2 Å². The number of amides is 2. The van der Waals surface area contributed by atoms with Crippen molar-refractivity contribution in [2.24, 2.45) is 0 Å². The van der Waals surface area contributed by atoms with E-state index in [1.165, 1.54) is 12.8 Å². The van der Waals surface area contributed by atoms with Crippen molar-refractivity contribution in [2.45, 2.75) is 57.9 Å². The fourth-order valence-electron chi connectivity index (χ4n) is 3.58. The zero-order valence-corrected chi connectivity index (χ0v) is 16.3. The van der Waals surface area contributed by atoms with Gasteiger partial charge in [0.2, 0.25) is 0 Å². The molecule has 4 heteroatoms. The number of para-hydroxylation sites is 1. The summed E-state index contributed by atoms with van der Waals surface area (Å²) in [5.41, 5.74) is 2.81. The van der Waals surface area contributed by atoms with Gasteiger partial charge in [0.15, 0.2) is 0 Å². The number of nitrogens with one attached hydrogen (secondary N) is 2. The van der Waals surface area contributed by atoms with Gasteiger partial charge in [0.1, 0.15) is 0 Å². The average Bonchev–Trinajstić information content (AvgIpc) is 3.14. The van der Waals surface area contributed by atoms with Crippen LogP contribution in [0.4, 0.5) is 5.69 Å². The van der Waals surface area contributed by atoms with Gasteiger partial charge < -0.3 is 10.6 Å². The highest BCUT2D eigenvalue weighted by molar-refractivity contribution is 6.06. The number of anilines is 1. The Kier molecular flexibility index (Phi) is 5.64. The van der Waals surface area contributed by atoms with Crippen LogP contribution in [0, 0.1) is 0 Å². The third kappa shape index (κ3) is 4.76. The second kappa shape index (κ2) is 7.95. The summed E-state index contributed by atoms with van der Waals surface area (Å²) in [6.07, 6.45) is 4.41. The van der Waals surface area contributed by atoms with E-state index in [2.05, 4.69) is 31.4 Å². The maximum Gasteiger partial charge on any atom is 0.255 e. The lowest BCUT2D eigenvalue weighted by Crippen LogP contribution is -2.32. The lowest BCUT2D eigenvalue weighted by Gasteiger charge is -2.23. The van der Waals surface area contributed by atoms with Crippen LogP contribution in [-0.4, -0.2) is 17.9 Å². The second-order valence-corrected chi connectivity index (χ2v) is 8.29. The summed E-state index contributed by atoms with van der Waals surface area (Å²) >= 11 is 0. The Labute approximate surface area is 161 Å². The van der Waals surface area contributed by atoms with E-state index in [-0.39, 0.29) is 23.3 Å². The van der Waals surface area contributed by atoms with Gasteiger partial charge in [0.25, 0.3) is 11.8 Å². The lowest BCUT2D eigenvalue weighted by atomic mass is 9.86. The van der Waals surface area contributed by atoms with Gasteiger partial charge in [-0.25, -0.2) is 0 Å². The first-order chi connectivity index (χ1) is 12.8. The monoisotopic (exact) mass is 364 g/mol. The highest BCUT2D eigenvalue weighted by Gasteiger charge is 2.20. The summed E-state index contributed by atoms with van der Waals surface area (Å²) in [5.74, 6) is -0.311. The van der Waals surface area contributed by atoms with Gasteiger partial charge in [-0.3, -0.25) is 9.59 Å². The van der Waals surface area contributed by atoms with Crippen LogP contribution in [-0.2, 0) is 5.41 Å². The number of benzene rings is 2. The third-order valence-corrected chi connectivity index (χ3v) is 5.06. The molecule has 0 bridgehead atoms. The van der Waals surface area contributed by atoms with Crippen molar-refractivity contribution in [3.8, 4) is 0 Å². The highest BCUT2D eigenvalue weighted by atomic mass is 16.2. The summed E-state index contributed by atoms with van der Waals surface area (Å²) in [5, 5.41) is 6.07. The minimum Gasteiger partial charge on any atom is -0.349 e. The molecule has 3 rings (SSSR count). The zero-order chi connectivity index (χ0) is 19.4. The Morgan fingerprint density at radius 1 is 0.889 bits per heavy atom. The molecule has 1 aliphatic rings. The van der Waals surface area contributed by atoms with Crippen LogP contribution in [0.3, 0.4) is 0 Å². The Hall–Kier alpha value is -2.62. The van der Waals surface area contributed by atoms with Crippen LogP contribution in [0.5, 0.6) is 0 Å². The van der Waals surface area contributed by atoms with Crippen LogP contribution in [0.15, 0.2) is 48.5 Å². The molecule has 0 saturated heterocycles. The molecule has 2 aromatic carbocycles. The molecule has 142 valence electrons. The average molecular weight is 364 g/mol. The van der Waals surface area contributed by atoms with E-state index < -0.39 is 0 Å². The number of carbonyl (C=O) groups is 2. The highest BCUT2D eigenvalue weighted by Crippen LogP contribution is 2.29. The maximum absolute atomic E-state index is 12.8. The molecule has 27 heavy (non-hydrogen) atoms. The van der Waals surface area contributed by atoms with E-state index in [9.17, 15) is 9.59 Å². The van der Waals surface area contributed by atoms with E-state index in [0.29, 0.717) is 11.1 Å². The fraction of sp³-hybridized carbons (Fsp3) is 0.391. The molecule has 0 aromatic heterocycles. The van der Waals surface area contributed by atoms with Crippen LogP contribution in [0.2, 0.25) is 0 Å². The van der Waals surface area contributed by atoms with Crippen LogP contribution < -0.4 is 10.6 Å². The van der Waals surface area contributed by atoms with E-state index in [1.807, 2.05) is 24.3 Å². The van der Waals surface area contributed by atoms with Crippen molar-refractivity contribution < 1.29 is 9.59 Å². The molecule has 0 spiro atoms. The Bertz CT molecular complexity index is 830.